The zero-order valence-corrected chi connectivity index (χ0v) is 29.0. The van der Waals surface area contributed by atoms with E-state index in [2.05, 4.69) is 39.5 Å². The molecule has 49 heavy (non-hydrogen) atoms. The van der Waals surface area contributed by atoms with Gasteiger partial charge in [0.25, 0.3) is 5.91 Å². The van der Waals surface area contributed by atoms with E-state index in [-0.39, 0.29) is 46.3 Å². The fraction of sp³-hybridized carbons (Fsp3) is 0.351. The number of carbonyl (C=O) groups is 2. The van der Waals surface area contributed by atoms with Crippen molar-refractivity contribution in [3.8, 4) is 11.6 Å². The van der Waals surface area contributed by atoms with Crippen LogP contribution in [0.25, 0.3) is 0 Å². The summed E-state index contributed by atoms with van der Waals surface area (Å²) in [4.78, 5) is 41.4. The Labute approximate surface area is 291 Å². The van der Waals surface area contributed by atoms with Crippen molar-refractivity contribution in [2.24, 2.45) is 0 Å². The van der Waals surface area contributed by atoms with Crippen molar-refractivity contribution in [1.82, 2.24) is 19.8 Å². The van der Waals surface area contributed by atoms with Crippen molar-refractivity contribution in [3.05, 3.63) is 93.9 Å². The quantitative estimate of drug-likeness (QED) is 0.195. The first-order valence-electron chi connectivity index (χ1n) is 16.6. The van der Waals surface area contributed by atoms with Crippen LogP contribution in [0.1, 0.15) is 46.8 Å². The molecule has 6 rings (SSSR count). The third kappa shape index (κ3) is 7.95. The summed E-state index contributed by atoms with van der Waals surface area (Å²) in [7, 11) is 2.07. The predicted molar refractivity (Wildman–Crippen MR) is 191 cm³/mol. The Morgan fingerprint density at radius 2 is 1.78 bits per heavy atom. The number of amides is 2. The van der Waals surface area contributed by atoms with Crippen molar-refractivity contribution < 1.29 is 18.7 Å². The lowest BCUT2D eigenvalue weighted by Gasteiger charge is -2.39. The lowest BCUT2D eigenvalue weighted by molar-refractivity contribution is -0.129. The van der Waals surface area contributed by atoms with Crippen molar-refractivity contribution in [3.63, 3.8) is 0 Å². The first-order valence-corrected chi connectivity index (χ1v) is 16.9. The molecule has 0 saturated carbocycles. The summed E-state index contributed by atoms with van der Waals surface area (Å²) in [5, 5.41) is 6.27. The fourth-order valence-corrected chi connectivity index (χ4v) is 6.43. The zero-order chi connectivity index (χ0) is 34.7. The molecule has 0 spiro atoms. The number of piperazine rings is 1. The summed E-state index contributed by atoms with van der Waals surface area (Å²) in [6.07, 6.45) is 3.63. The molecule has 4 aromatic rings. The van der Waals surface area contributed by atoms with Crippen LogP contribution >= 0.6 is 11.6 Å². The molecule has 0 radical (unpaired) electrons. The monoisotopic (exact) mass is 685 g/mol. The summed E-state index contributed by atoms with van der Waals surface area (Å²) in [6.45, 7) is 9.81. The molecule has 3 heterocycles. The number of likely N-dealkylation sites (tertiary alicyclic amines) is 1. The number of hydrogen-bond donors (Lipinski definition) is 2. The summed E-state index contributed by atoms with van der Waals surface area (Å²) in [5.41, 5.74) is 4.27. The molecule has 1 aromatic heterocycles. The molecule has 0 bridgehead atoms. The number of likely N-dealkylation sites (N-methyl/N-ethyl adjacent to an activating group) is 1. The van der Waals surface area contributed by atoms with Gasteiger partial charge >= 0.3 is 0 Å². The number of aromatic nitrogens is 2. The Balaban J connectivity index is 1.26. The maximum Gasteiger partial charge on any atom is 0.262 e. The highest BCUT2D eigenvalue weighted by Crippen LogP contribution is 2.33. The minimum atomic E-state index is -0.472. The van der Waals surface area contributed by atoms with E-state index in [9.17, 15) is 9.59 Å². The highest BCUT2D eigenvalue weighted by atomic mass is 35.5. The second-order valence-electron chi connectivity index (χ2n) is 12.8. The van der Waals surface area contributed by atoms with Gasteiger partial charge in [-0.2, -0.15) is 4.98 Å². The van der Waals surface area contributed by atoms with Gasteiger partial charge in [-0.15, -0.1) is 0 Å². The number of nitrogens with one attached hydrogen (secondary N) is 2. The average molecular weight is 686 g/mol. The van der Waals surface area contributed by atoms with Gasteiger partial charge < -0.3 is 30.1 Å². The van der Waals surface area contributed by atoms with E-state index in [1.54, 1.807) is 30.3 Å². The Morgan fingerprint density at radius 3 is 2.47 bits per heavy atom. The van der Waals surface area contributed by atoms with Gasteiger partial charge in [0.15, 0.2) is 0 Å². The minimum Gasteiger partial charge on any atom is -0.436 e. The van der Waals surface area contributed by atoms with E-state index < -0.39 is 5.91 Å². The van der Waals surface area contributed by atoms with Crippen molar-refractivity contribution in [1.29, 1.82) is 0 Å². The van der Waals surface area contributed by atoms with E-state index in [0.29, 0.717) is 23.1 Å². The Morgan fingerprint density at radius 1 is 1.02 bits per heavy atom. The van der Waals surface area contributed by atoms with Gasteiger partial charge in [-0.05, 0) is 87.7 Å². The maximum absolute atomic E-state index is 15.4. The molecule has 2 amide bonds. The van der Waals surface area contributed by atoms with E-state index in [4.69, 9.17) is 16.3 Å². The van der Waals surface area contributed by atoms with E-state index in [0.717, 1.165) is 62.3 Å². The maximum atomic E-state index is 15.4. The topological polar surface area (TPSA) is 103 Å². The van der Waals surface area contributed by atoms with Gasteiger partial charge in [0.2, 0.25) is 17.7 Å². The summed E-state index contributed by atoms with van der Waals surface area (Å²) < 4.78 is 21.5. The molecular weight excluding hydrogens is 645 g/mol. The number of aryl methyl sites for hydroxylation is 2. The Kier molecular flexibility index (Phi) is 10.3. The van der Waals surface area contributed by atoms with E-state index >= 15 is 4.39 Å². The second-order valence-corrected chi connectivity index (χ2v) is 13.2. The molecule has 256 valence electrons. The number of halogens is 2. The van der Waals surface area contributed by atoms with Crippen LogP contribution in [-0.4, -0.2) is 77.4 Å². The highest BCUT2D eigenvalue weighted by molar-refractivity contribution is 6.32. The average Bonchev–Trinajstić information content (AvgIpc) is 3.61. The summed E-state index contributed by atoms with van der Waals surface area (Å²) in [5.74, 6) is -0.475. The number of ether oxygens (including phenoxy) is 1. The van der Waals surface area contributed by atoms with Gasteiger partial charge in [0.1, 0.15) is 17.1 Å². The summed E-state index contributed by atoms with van der Waals surface area (Å²) in [6, 6.07) is 16.1. The second kappa shape index (κ2) is 14.8. The molecule has 3 aromatic carbocycles. The number of para-hydroxylation sites is 1. The summed E-state index contributed by atoms with van der Waals surface area (Å²) >= 11 is 6.65. The van der Waals surface area contributed by atoms with Gasteiger partial charge in [0.05, 0.1) is 17.1 Å². The number of rotatable bonds is 9. The fourth-order valence-electron chi connectivity index (χ4n) is 6.18. The lowest BCUT2D eigenvalue weighted by atomic mass is 10.1. The molecule has 2 saturated heterocycles. The molecule has 1 atom stereocenters. The van der Waals surface area contributed by atoms with Crippen LogP contribution in [0.4, 0.5) is 27.4 Å². The molecule has 2 fully saturated rings. The molecular formula is C37H41ClFN7O3. The number of carbonyl (C=O) groups excluding carboxylic acids is 2. The van der Waals surface area contributed by atoms with Gasteiger partial charge in [0, 0.05) is 56.3 Å². The molecule has 12 heteroatoms. The minimum absolute atomic E-state index is 0.0486. The standard InChI is InChI=1S/C37H41ClFN7O3/c1-23-8-7-9-24(2)34(23)42-35(48)28-21-40-37(41-27-11-12-31(30(39)20-27)46-17-16-44(4)25(3)22-46)43-36(28)49-32-13-10-26(18-29(32)38)19-33(47)45-14-5-6-15-45/h7-13,18,20-21,25H,5-6,14-17,19,22H2,1-4H3,(H,42,48)(H,40,41,43). The van der Waals surface area contributed by atoms with Crippen molar-refractivity contribution in [2.75, 3.05) is 55.3 Å². The number of nitrogens with zero attached hydrogens (tertiary/aromatic N) is 5. The van der Waals surface area contributed by atoms with Crippen LogP contribution in [0.5, 0.6) is 11.6 Å². The van der Waals surface area contributed by atoms with Crippen LogP contribution < -0.4 is 20.3 Å². The van der Waals surface area contributed by atoms with Crippen molar-refractivity contribution in [2.45, 2.75) is 46.1 Å². The normalized spacial score (nSPS) is 16.5. The van der Waals surface area contributed by atoms with Crippen LogP contribution in [0.3, 0.4) is 0 Å². The smallest absolute Gasteiger partial charge is 0.262 e. The molecule has 0 aliphatic carbocycles. The molecule has 2 aliphatic heterocycles. The third-order valence-corrected chi connectivity index (χ3v) is 9.53. The van der Waals surface area contributed by atoms with Gasteiger partial charge in [-0.25, -0.2) is 9.37 Å². The van der Waals surface area contributed by atoms with Crippen LogP contribution in [0.2, 0.25) is 5.02 Å². The largest absolute Gasteiger partial charge is 0.436 e. The van der Waals surface area contributed by atoms with Crippen LogP contribution in [0.15, 0.2) is 60.8 Å². The lowest BCUT2D eigenvalue weighted by Crippen LogP contribution is -2.50. The van der Waals surface area contributed by atoms with E-state index in [1.165, 1.54) is 12.3 Å². The molecule has 2 N–H and O–H groups in total. The zero-order valence-electron chi connectivity index (χ0n) is 28.2. The van der Waals surface area contributed by atoms with Crippen LogP contribution in [0, 0.1) is 19.7 Å². The molecule has 1 unspecified atom stereocenters. The predicted octanol–water partition coefficient (Wildman–Crippen LogP) is 6.98. The third-order valence-electron chi connectivity index (χ3n) is 9.24. The first kappa shape index (κ1) is 34.1. The van der Waals surface area contributed by atoms with Gasteiger partial charge in [-0.1, -0.05) is 35.9 Å². The van der Waals surface area contributed by atoms with Crippen molar-refractivity contribution >= 4 is 46.4 Å². The van der Waals surface area contributed by atoms with E-state index in [1.807, 2.05) is 41.8 Å². The SMILES string of the molecule is Cc1cccc(C)c1NC(=O)c1cnc(Nc2ccc(N3CCN(C)C(C)C3)c(F)c2)nc1Oc1ccc(CC(=O)N2CCCC2)cc1Cl. The van der Waals surface area contributed by atoms with Gasteiger partial charge in [-0.3, -0.25) is 9.59 Å². The Hall–Kier alpha value is -4.74. The number of anilines is 4. The Bertz CT molecular complexity index is 1850. The first-order chi connectivity index (χ1) is 23.5. The molecule has 10 nitrogen and oxygen atoms in total. The molecule has 2 aliphatic rings. The number of hydrogen-bond acceptors (Lipinski definition) is 8. The highest BCUT2D eigenvalue weighted by Gasteiger charge is 2.24. The van der Waals surface area contributed by atoms with Crippen LogP contribution in [-0.2, 0) is 11.2 Å². The number of benzene rings is 3.